The van der Waals surface area contributed by atoms with E-state index in [1.807, 2.05) is 37.3 Å². The molecule has 0 radical (unpaired) electrons. The van der Waals surface area contributed by atoms with Gasteiger partial charge >= 0.3 is 0 Å². The van der Waals surface area contributed by atoms with E-state index in [9.17, 15) is 9.59 Å². The van der Waals surface area contributed by atoms with Crippen LogP contribution in [0.4, 0.5) is 5.82 Å². The minimum absolute atomic E-state index is 0.0732. The number of furan rings is 1. The van der Waals surface area contributed by atoms with Crippen LogP contribution in [0.5, 0.6) is 0 Å². The molecule has 31 heavy (non-hydrogen) atoms. The molecule has 7 nitrogen and oxygen atoms in total. The fourth-order valence-electron chi connectivity index (χ4n) is 3.86. The molecule has 0 fully saturated rings. The first-order valence-corrected chi connectivity index (χ1v) is 10.3. The van der Waals surface area contributed by atoms with Crippen LogP contribution in [0.25, 0.3) is 17.0 Å². The van der Waals surface area contributed by atoms with Crippen LogP contribution in [0.2, 0.25) is 0 Å². The Labute approximate surface area is 181 Å². The highest BCUT2D eigenvalue weighted by Crippen LogP contribution is 2.26. The zero-order valence-electron chi connectivity index (χ0n) is 17.9. The number of hydrogen-bond donors (Lipinski definition) is 2. The van der Waals surface area contributed by atoms with Crippen molar-refractivity contribution < 1.29 is 14.0 Å². The molecule has 2 aromatic heterocycles. The molecule has 4 rings (SSSR count). The van der Waals surface area contributed by atoms with Gasteiger partial charge in [-0.2, -0.15) is 0 Å². The van der Waals surface area contributed by atoms with E-state index < -0.39 is 0 Å². The van der Waals surface area contributed by atoms with Gasteiger partial charge in [-0.1, -0.05) is 18.2 Å². The van der Waals surface area contributed by atoms with Crippen molar-refractivity contribution in [3.8, 4) is 0 Å². The molecule has 0 unspecified atom stereocenters. The standard InChI is InChI=1S/C24H26N4O3/c1-15-19(18-6-4-5-7-21(18)31-15)14-28(3)22(29)11-8-16-12-17-9-10-20(25-2)24(30)27-23(17)26-13-16/h4-8,11-13,20,25H,9-10,14H2,1-3H3,(H,26,27,30)/b11-8+/t20-/m1/s1. The van der Waals surface area contributed by atoms with Crippen molar-refractivity contribution in [3.05, 3.63) is 65.1 Å². The minimum atomic E-state index is -0.231. The summed E-state index contributed by atoms with van der Waals surface area (Å²) in [5.74, 6) is 1.23. The van der Waals surface area contributed by atoms with Crippen LogP contribution >= 0.6 is 0 Å². The number of para-hydroxylation sites is 1. The van der Waals surface area contributed by atoms with Crippen molar-refractivity contribution >= 4 is 34.7 Å². The maximum Gasteiger partial charge on any atom is 0.246 e. The van der Waals surface area contributed by atoms with Crippen molar-refractivity contribution in [3.63, 3.8) is 0 Å². The van der Waals surface area contributed by atoms with Gasteiger partial charge in [-0.25, -0.2) is 4.98 Å². The lowest BCUT2D eigenvalue weighted by molar-refractivity contribution is -0.125. The normalized spacial score (nSPS) is 16.2. The van der Waals surface area contributed by atoms with Gasteiger partial charge in [0, 0.05) is 36.8 Å². The number of pyridine rings is 1. The second-order valence-electron chi connectivity index (χ2n) is 7.81. The van der Waals surface area contributed by atoms with Crippen molar-refractivity contribution in [2.75, 3.05) is 19.4 Å². The number of aryl methyl sites for hydroxylation is 2. The zero-order chi connectivity index (χ0) is 22.0. The number of anilines is 1. The molecule has 3 heterocycles. The number of carbonyl (C=O) groups excluding carboxylic acids is 2. The topological polar surface area (TPSA) is 87.5 Å². The molecule has 2 N–H and O–H groups in total. The minimum Gasteiger partial charge on any atom is -0.461 e. The number of nitrogens with zero attached hydrogens (tertiary/aromatic N) is 2. The molecule has 1 aliphatic rings. The molecule has 160 valence electrons. The summed E-state index contributed by atoms with van der Waals surface area (Å²) in [5, 5.41) is 6.90. The number of carbonyl (C=O) groups is 2. The Morgan fingerprint density at radius 1 is 1.39 bits per heavy atom. The molecule has 1 aromatic carbocycles. The third-order valence-corrected chi connectivity index (χ3v) is 5.69. The van der Waals surface area contributed by atoms with Crippen molar-refractivity contribution in [2.45, 2.75) is 32.4 Å². The van der Waals surface area contributed by atoms with E-state index in [0.717, 1.165) is 39.8 Å². The third-order valence-electron chi connectivity index (χ3n) is 5.69. The Bertz CT molecular complexity index is 1160. The highest BCUT2D eigenvalue weighted by Gasteiger charge is 2.22. The predicted molar refractivity (Wildman–Crippen MR) is 120 cm³/mol. The fourth-order valence-corrected chi connectivity index (χ4v) is 3.86. The van der Waals surface area contributed by atoms with Crippen molar-refractivity contribution in [2.24, 2.45) is 0 Å². The first-order valence-electron chi connectivity index (χ1n) is 10.3. The van der Waals surface area contributed by atoms with Gasteiger partial charge in [0.15, 0.2) is 0 Å². The van der Waals surface area contributed by atoms with Crippen LogP contribution in [-0.2, 0) is 22.6 Å². The number of nitrogens with one attached hydrogen (secondary N) is 2. The van der Waals surface area contributed by atoms with Crippen LogP contribution in [0.3, 0.4) is 0 Å². The summed E-state index contributed by atoms with van der Waals surface area (Å²) >= 11 is 0. The molecule has 0 bridgehead atoms. The quantitative estimate of drug-likeness (QED) is 0.621. The molecule has 0 saturated carbocycles. The molecule has 1 aliphatic heterocycles. The van der Waals surface area contributed by atoms with Crippen LogP contribution in [0.1, 0.15) is 28.9 Å². The van der Waals surface area contributed by atoms with Crippen LogP contribution in [0, 0.1) is 6.92 Å². The Balaban J connectivity index is 1.46. The van der Waals surface area contributed by atoms with Gasteiger partial charge in [-0.15, -0.1) is 0 Å². The lowest BCUT2D eigenvalue weighted by Gasteiger charge is -2.15. The number of amides is 2. The van der Waals surface area contributed by atoms with Gasteiger partial charge < -0.3 is 20.0 Å². The van der Waals surface area contributed by atoms with E-state index in [2.05, 4.69) is 15.6 Å². The lowest BCUT2D eigenvalue weighted by atomic mass is 10.1. The Kier molecular flexibility index (Phi) is 5.86. The summed E-state index contributed by atoms with van der Waals surface area (Å²) in [6.45, 7) is 2.38. The summed E-state index contributed by atoms with van der Waals surface area (Å²) in [5.41, 5.74) is 3.63. The van der Waals surface area contributed by atoms with Gasteiger partial charge in [-0.3, -0.25) is 9.59 Å². The first-order chi connectivity index (χ1) is 15.0. The summed E-state index contributed by atoms with van der Waals surface area (Å²) < 4.78 is 5.80. The largest absolute Gasteiger partial charge is 0.461 e. The molecule has 7 heteroatoms. The van der Waals surface area contributed by atoms with Crippen molar-refractivity contribution in [1.29, 1.82) is 0 Å². The lowest BCUT2D eigenvalue weighted by Crippen LogP contribution is -2.37. The second-order valence-corrected chi connectivity index (χ2v) is 7.81. The third kappa shape index (κ3) is 4.36. The highest BCUT2D eigenvalue weighted by atomic mass is 16.3. The number of aromatic nitrogens is 1. The summed E-state index contributed by atoms with van der Waals surface area (Å²) in [6, 6.07) is 9.58. The SMILES string of the molecule is CN[C@@H]1CCc2cc(/C=C/C(=O)N(C)Cc3c(C)oc4ccccc34)cnc2NC1=O. The van der Waals surface area contributed by atoms with E-state index in [-0.39, 0.29) is 17.9 Å². The van der Waals surface area contributed by atoms with E-state index in [0.29, 0.717) is 18.8 Å². The first kappa shape index (κ1) is 20.8. The van der Waals surface area contributed by atoms with Gasteiger partial charge in [0.05, 0.1) is 6.04 Å². The Hall–Kier alpha value is -3.45. The summed E-state index contributed by atoms with van der Waals surface area (Å²) in [7, 11) is 3.55. The Morgan fingerprint density at radius 3 is 3.00 bits per heavy atom. The predicted octanol–water partition coefficient (Wildman–Crippen LogP) is 3.28. The highest BCUT2D eigenvalue weighted by molar-refractivity contribution is 5.96. The van der Waals surface area contributed by atoms with Crippen LogP contribution in [-0.4, -0.2) is 41.8 Å². The second kappa shape index (κ2) is 8.73. The maximum absolute atomic E-state index is 12.7. The van der Waals surface area contributed by atoms with Gasteiger partial charge in [-0.05, 0) is 56.1 Å². The van der Waals surface area contributed by atoms with Gasteiger partial charge in [0.1, 0.15) is 17.2 Å². The van der Waals surface area contributed by atoms with Gasteiger partial charge in [0.25, 0.3) is 0 Å². The van der Waals surface area contributed by atoms with E-state index in [4.69, 9.17) is 4.42 Å². The molecule has 2 amide bonds. The molecule has 0 saturated heterocycles. The molecule has 0 spiro atoms. The monoisotopic (exact) mass is 418 g/mol. The van der Waals surface area contributed by atoms with E-state index in [1.54, 1.807) is 37.3 Å². The summed E-state index contributed by atoms with van der Waals surface area (Å²) in [6.07, 6.45) is 6.40. The smallest absolute Gasteiger partial charge is 0.246 e. The summed E-state index contributed by atoms with van der Waals surface area (Å²) in [4.78, 5) is 30.9. The molecular weight excluding hydrogens is 392 g/mol. The van der Waals surface area contributed by atoms with E-state index in [1.165, 1.54) is 0 Å². The zero-order valence-corrected chi connectivity index (χ0v) is 17.9. The maximum atomic E-state index is 12.7. The molecule has 1 atom stereocenters. The fraction of sp³-hybridized carbons (Fsp3) is 0.292. The van der Waals surface area contributed by atoms with Crippen LogP contribution in [0.15, 0.2) is 47.0 Å². The number of benzene rings is 1. The number of likely N-dealkylation sites (N-methyl/N-ethyl adjacent to an activating group) is 2. The average Bonchev–Trinajstić information content (AvgIpc) is 2.98. The van der Waals surface area contributed by atoms with Crippen LogP contribution < -0.4 is 10.6 Å². The Morgan fingerprint density at radius 2 is 2.19 bits per heavy atom. The number of hydrogen-bond acceptors (Lipinski definition) is 5. The molecular formula is C24H26N4O3. The molecule has 3 aromatic rings. The van der Waals surface area contributed by atoms with Gasteiger partial charge in [0.2, 0.25) is 11.8 Å². The number of fused-ring (bicyclic) bond motifs is 2. The average molecular weight is 418 g/mol. The van der Waals surface area contributed by atoms with Crippen molar-refractivity contribution in [1.82, 2.24) is 15.2 Å². The van der Waals surface area contributed by atoms with E-state index >= 15 is 0 Å². The number of rotatable bonds is 5. The molecule has 0 aliphatic carbocycles.